The fourth-order valence-corrected chi connectivity index (χ4v) is 4.07. The van der Waals surface area contributed by atoms with Gasteiger partial charge in [0.25, 0.3) is 0 Å². The van der Waals surface area contributed by atoms with E-state index in [2.05, 4.69) is 122 Å². The molecule has 0 bridgehead atoms. The Morgan fingerprint density at radius 1 is 0.517 bits per heavy atom. The van der Waals surface area contributed by atoms with Gasteiger partial charge in [0.1, 0.15) is 0 Å². The largest absolute Gasteiger partial charge is 0.310 e. The molecule has 0 aliphatic carbocycles. The summed E-state index contributed by atoms with van der Waals surface area (Å²) in [6.07, 6.45) is 0. The Hall–Kier alpha value is -3.58. The van der Waals surface area contributed by atoms with Crippen LogP contribution < -0.4 is 4.90 Å². The van der Waals surface area contributed by atoms with E-state index in [4.69, 9.17) is 0 Å². The molecule has 5 rings (SSSR count). The number of nitrogens with zero attached hydrogens (tertiary/aromatic N) is 1. The van der Waals surface area contributed by atoms with E-state index in [9.17, 15) is 0 Å². The Bertz CT molecular complexity index is 1320. The second-order valence-electron chi connectivity index (χ2n) is 7.65. The van der Waals surface area contributed by atoms with E-state index in [0.717, 1.165) is 0 Å². The minimum atomic E-state index is 1.17. The predicted octanol–water partition coefficient (Wildman–Crippen LogP) is 8.08. The van der Waals surface area contributed by atoms with Gasteiger partial charge in [0.15, 0.2) is 0 Å². The lowest BCUT2D eigenvalue weighted by Crippen LogP contribution is -2.10. The molecule has 29 heavy (non-hydrogen) atoms. The van der Waals surface area contributed by atoms with E-state index < -0.39 is 0 Å². The van der Waals surface area contributed by atoms with Crippen molar-refractivity contribution in [1.29, 1.82) is 0 Å². The minimum absolute atomic E-state index is 1.17. The van der Waals surface area contributed by atoms with Crippen LogP contribution in [0.5, 0.6) is 0 Å². The Morgan fingerprint density at radius 2 is 1.17 bits per heavy atom. The van der Waals surface area contributed by atoms with Crippen LogP contribution in [0.4, 0.5) is 17.1 Å². The predicted molar refractivity (Wildman–Crippen MR) is 126 cm³/mol. The standard InChI is InChI=1S/C28H23N/c1-20-11-15-24(16-12-20)29(25-17-14-22-7-3-4-8-23(22)19-25)28-18-13-21(2)26-9-5-6-10-27(26)28/h3-19H,1-2H3. The molecular weight excluding hydrogens is 350 g/mol. The van der Waals surface area contributed by atoms with Crippen molar-refractivity contribution in [3.8, 4) is 0 Å². The number of fused-ring (bicyclic) bond motifs is 2. The van der Waals surface area contributed by atoms with Crippen LogP contribution in [0, 0.1) is 13.8 Å². The zero-order valence-corrected chi connectivity index (χ0v) is 16.8. The summed E-state index contributed by atoms with van der Waals surface area (Å²) in [5.74, 6) is 0. The number of hydrogen-bond donors (Lipinski definition) is 0. The molecule has 0 aliphatic rings. The molecule has 1 heteroatoms. The lowest BCUT2D eigenvalue weighted by atomic mass is 10.0. The van der Waals surface area contributed by atoms with Crippen molar-refractivity contribution in [1.82, 2.24) is 0 Å². The summed E-state index contributed by atoms with van der Waals surface area (Å²) in [6.45, 7) is 4.31. The average molecular weight is 373 g/mol. The van der Waals surface area contributed by atoms with Gasteiger partial charge in [-0.25, -0.2) is 0 Å². The molecule has 0 aliphatic heterocycles. The topological polar surface area (TPSA) is 3.24 Å². The first-order valence-corrected chi connectivity index (χ1v) is 10.0. The molecule has 0 amide bonds. The average Bonchev–Trinajstić information content (AvgIpc) is 2.77. The first-order chi connectivity index (χ1) is 14.2. The number of rotatable bonds is 3. The number of aryl methyl sites for hydroxylation is 2. The first-order valence-electron chi connectivity index (χ1n) is 10.0. The Kier molecular flexibility index (Phi) is 4.29. The summed E-state index contributed by atoms with van der Waals surface area (Å²) in [5.41, 5.74) is 6.10. The zero-order chi connectivity index (χ0) is 19.8. The van der Waals surface area contributed by atoms with E-state index in [1.54, 1.807) is 0 Å². The normalized spacial score (nSPS) is 11.1. The molecular formula is C28H23N. The Morgan fingerprint density at radius 3 is 1.97 bits per heavy atom. The summed E-state index contributed by atoms with van der Waals surface area (Å²) in [4.78, 5) is 2.37. The molecule has 5 aromatic rings. The molecule has 0 unspecified atom stereocenters. The highest BCUT2D eigenvalue weighted by atomic mass is 15.1. The van der Waals surface area contributed by atoms with Crippen LogP contribution in [0.3, 0.4) is 0 Å². The van der Waals surface area contributed by atoms with Crippen molar-refractivity contribution in [3.05, 3.63) is 114 Å². The van der Waals surface area contributed by atoms with Crippen LogP contribution in [-0.4, -0.2) is 0 Å². The van der Waals surface area contributed by atoms with Crippen LogP contribution in [0.2, 0.25) is 0 Å². The van der Waals surface area contributed by atoms with Crippen molar-refractivity contribution in [2.45, 2.75) is 13.8 Å². The molecule has 0 fully saturated rings. The second-order valence-corrected chi connectivity index (χ2v) is 7.65. The van der Waals surface area contributed by atoms with Crippen molar-refractivity contribution < 1.29 is 0 Å². The van der Waals surface area contributed by atoms with Crippen LogP contribution in [0.15, 0.2) is 103 Å². The highest BCUT2D eigenvalue weighted by Crippen LogP contribution is 2.40. The maximum Gasteiger partial charge on any atom is 0.0540 e. The minimum Gasteiger partial charge on any atom is -0.310 e. The van der Waals surface area contributed by atoms with Gasteiger partial charge in [-0.2, -0.15) is 0 Å². The molecule has 140 valence electrons. The van der Waals surface area contributed by atoms with Crippen molar-refractivity contribution in [3.63, 3.8) is 0 Å². The molecule has 0 aromatic heterocycles. The number of hydrogen-bond acceptors (Lipinski definition) is 1. The molecule has 0 saturated carbocycles. The van der Waals surface area contributed by atoms with Gasteiger partial charge in [-0.1, -0.05) is 78.4 Å². The molecule has 0 spiro atoms. The van der Waals surface area contributed by atoms with E-state index in [0.29, 0.717) is 0 Å². The third kappa shape index (κ3) is 3.15. The number of benzene rings is 5. The molecule has 0 radical (unpaired) electrons. The Labute approximate surface area is 171 Å². The lowest BCUT2D eigenvalue weighted by Gasteiger charge is -2.27. The molecule has 0 saturated heterocycles. The van der Waals surface area contributed by atoms with Gasteiger partial charge < -0.3 is 4.90 Å². The molecule has 0 heterocycles. The van der Waals surface area contributed by atoms with E-state index in [1.807, 2.05) is 0 Å². The molecule has 0 N–H and O–H groups in total. The van der Waals surface area contributed by atoms with Gasteiger partial charge in [0.2, 0.25) is 0 Å². The summed E-state index contributed by atoms with van der Waals surface area (Å²) in [5, 5.41) is 5.07. The van der Waals surface area contributed by atoms with E-state index in [-0.39, 0.29) is 0 Å². The van der Waals surface area contributed by atoms with Gasteiger partial charge in [0, 0.05) is 16.8 Å². The summed E-state index contributed by atoms with van der Waals surface area (Å²) >= 11 is 0. The third-order valence-electron chi connectivity index (χ3n) is 5.64. The van der Waals surface area contributed by atoms with Crippen LogP contribution in [-0.2, 0) is 0 Å². The van der Waals surface area contributed by atoms with Gasteiger partial charge in [-0.05, 0) is 65.9 Å². The second kappa shape index (κ2) is 7.10. The van der Waals surface area contributed by atoms with Crippen molar-refractivity contribution in [2.24, 2.45) is 0 Å². The zero-order valence-electron chi connectivity index (χ0n) is 16.8. The highest BCUT2D eigenvalue weighted by molar-refractivity contribution is 6.01. The van der Waals surface area contributed by atoms with Crippen molar-refractivity contribution in [2.75, 3.05) is 4.90 Å². The lowest BCUT2D eigenvalue weighted by molar-refractivity contribution is 1.29. The smallest absolute Gasteiger partial charge is 0.0540 e. The van der Waals surface area contributed by atoms with Crippen LogP contribution in [0.1, 0.15) is 11.1 Å². The van der Waals surface area contributed by atoms with Gasteiger partial charge in [-0.15, -0.1) is 0 Å². The fourth-order valence-electron chi connectivity index (χ4n) is 4.07. The maximum atomic E-state index is 2.37. The highest BCUT2D eigenvalue weighted by Gasteiger charge is 2.16. The third-order valence-corrected chi connectivity index (χ3v) is 5.64. The summed E-state index contributed by atoms with van der Waals surface area (Å²) in [6, 6.07) is 37.2. The Balaban J connectivity index is 1.79. The fraction of sp³-hybridized carbons (Fsp3) is 0.0714. The SMILES string of the molecule is Cc1ccc(N(c2ccc3ccccc3c2)c2ccc(C)c3ccccc23)cc1. The maximum absolute atomic E-state index is 2.37. The first kappa shape index (κ1) is 17.5. The number of anilines is 3. The van der Waals surface area contributed by atoms with E-state index >= 15 is 0 Å². The van der Waals surface area contributed by atoms with E-state index in [1.165, 1.54) is 49.7 Å². The van der Waals surface area contributed by atoms with Gasteiger partial charge >= 0.3 is 0 Å². The molecule has 5 aromatic carbocycles. The summed E-state index contributed by atoms with van der Waals surface area (Å²) in [7, 11) is 0. The summed E-state index contributed by atoms with van der Waals surface area (Å²) < 4.78 is 0. The monoisotopic (exact) mass is 373 g/mol. The van der Waals surface area contributed by atoms with Gasteiger partial charge in [0.05, 0.1) is 5.69 Å². The molecule has 0 atom stereocenters. The quantitative estimate of drug-likeness (QED) is 0.309. The molecule has 1 nitrogen and oxygen atoms in total. The van der Waals surface area contributed by atoms with Gasteiger partial charge in [-0.3, -0.25) is 0 Å². The van der Waals surface area contributed by atoms with Crippen molar-refractivity contribution >= 4 is 38.6 Å². The van der Waals surface area contributed by atoms with Crippen LogP contribution >= 0.6 is 0 Å². The van der Waals surface area contributed by atoms with Crippen LogP contribution in [0.25, 0.3) is 21.5 Å².